The number of rotatable bonds is 5. The van der Waals surface area contributed by atoms with Crippen LogP contribution in [0.2, 0.25) is 5.02 Å². The third-order valence-corrected chi connectivity index (χ3v) is 5.90. The van der Waals surface area contributed by atoms with Crippen LogP contribution in [0.3, 0.4) is 0 Å². The van der Waals surface area contributed by atoms with Gasteiger partial charge in [0.1, 0.15) is 11.0 Å². The molecule has 1 N–H and O–H groups in total. The van der Waals surface area contributed by atoms with Crippen molar-refractivity contribution in [1.29, 1.82) is 0 Å². The number of aryl methyl sites for hydroxylation is 1. The van der Waals surface area contributed by atoms with Gasteiger partial charge in [-0.15, -0.1) is 0 Å². The maximum atomic E-state index is 12.5. The molecule has 1 atom stereocenters. The van der Waals surface area contributed by atoms with Gasteiger partial charge in [-0.05, 0) is 48.9 Å². The Morgan fingerprint density at radius 1 is 1.29 bits per heavy atom. The van der Waals surface area contributed by atoms with E-state index in [9.17, 15) is 9.59 Å². The first-order chi connectivity index (χ1) is 13.4. The number of nitrogens with one attached hydrogen (secondary N) is 1. The molecule has 146 valence electrons. The molecule has 0 bridgehead atoms. The summed E-state index contributed by atoms with van der Waals surface area (Å²) in [7, 11) is 3.24. The summed E-state index contributed by atoms with van der Waals surface area (Å²) >= 11 is 7.42. The van der Waals surface area contributed by atoms with Gasteiger partial charge in [-0.25, -0.2) is 4.99 Å². The van der Waals surface area contributed by atoms with Gasteiger partial charge in [-0.3, -0.25) is 14.5 Å². The van der Waals surface area contributed by atoms with E-state index in [2.05, 4.69) is 10.3 Å². The molecule has 28 heavy (non-hydrogen) atoms. The molecule has 0 saturated carbocycles. The van der Waals surface area contributed by atoms with E-state index in [0.717, 1.165) is 5.56 Å². The van der Waals surface area contributed by atoms with E-state index in [4.69, 9.17) is 16.3 Å². The highest BCUT2D eigenvalue weighted by Crippen LogP contribution is 2.32. The van der Waals surface area contributed by atoms with Crippen molar-refractivity contribution >= 4 is 51.7 Å². The summed E-state index contributed by atoms with van der Waals surface area (Å²) in [6.45, 7) is 1.91. The summed E-state index contributed by atoms with van der Waals surface area (Å²) in [5.41, 5.74) is 2.28. The number of carbonyl (C=O) groups is 2. The van der Waals surface area contributed by atoms with Crippen LogP contribution in [0, 0.1) is 6.92 Å². The Balaban J connectivity index is 1.66. The van der Waals surface area contributed by atoms with Gasteiger partial charge < -0.3 is 10.1 Å². The van der Waals surface area contributed by atoms with E-state index in [-0.39, 0.29) is 18.2 Å². The number of nitrogens with zero attached hydrogens (tertiary/aromatic N) is 2. The molecule has 0 spiro atoms. The lowest BCUT2D eigenvalue weighted by molar-refractivity contribution is -0.127. The number of amidine groups is 1. The van der Waals surface area contributed by atoms with Gasteiger partial charge in [-0.2, -0.15) is 0 Å². The number of hydrogen-bond donors (Lipinski definition) is 1. The van der Waals surface area contributed by atoms with Crippen LogP contribution >= 0.6 is 23.4 Å². The third kappa shape index (κ3) is 4.66. The molecule has 2 aromatic rings. The maximum Gasteiger partial charge on any atom is 0.242 e. The van der Waals surface area contributed by atoms with Crippen molar-refractivity contribution in [2.75, 3.05) is 19.5 Å². The van der Waals surface area contributed by atoms with E-state index in [1.807, 2.05) is 19.1 Å². The highest BCUT2D eigenvalue weighted by Gasteiger charge is 2.37. The smallest absolute Gasteiger partial charge is 0.242 e. The van der Waals surface area contributed by atoms with Crippen LogP contribution in [0.25, 0.3) is 0 Å². The second-order valence-electron chi connectivity index (χ2n) is 6.31. The SMILES string of the molecule is COc1ccc(NC(=O)CC2SC(=Nc3ccc(C)c(Cl)c3)N(C)C2=O)cc1. The average Bonchev–Trinajstić information content (AvgIpc) is 2.93. The second kappa shape index (κ2) is 8.67. The average molecular weight is 418 g/mol. The molecular formula is C20H20ClN3O3S. The van der Waals surface area contributed by atoms with Crippen molar-refractivity contribution in [3.05, 3.63) is 53.1 Å². The quantitative estimate of drug-likeness (QED) is 0.789. The van der Waals surface area contributed by atoms with Crippen molar-refractivity contribution in [2.24, 2.45) is 4.99 Å². The number of hydrogen-bond acceptors (Lipinski definition) is 5. The number of halogens is 1. The minimum absolute atomic E-state index is 0.0630. The van der Waals surface area contributed by atoms with E-state index < -0.39 is 5.25 Å². The minimum atomic E-state index is -0.511. The number of carbonyl (C=O) groups excluding carboxylic acids is 2. The molecule has 0 radical (unpaired) electrons. The van der Waals surface area contributed by atoms with E-state index in [1.54, 1.807) is 44.5 Å². The van der Waals surface area contributed by atoms with Crippen LogP contribution in [-0.4, -0.2) is 41.3 Å². The van der Waals surface area contributed by atoms with Crippen LogP contribution in [-0.2, 0) is 9.59 Å². The largest absolute Gasteiger partial charge is 0.497 e. The van der Waals surface area contributed by atoms with Gasteiger partial charge in [0.25, 0.3) is 0 Å². The fourth-order valence-electron chi connectivity index (χ4n) is 2.61. The molecule has 0 aromatic heterocycles. The monoisotopic (exact) mass is 417 g/mol. The highest BCUT2D eigenvalue weighted by atomic mass is 35.5. The van der Waals surface area contributed by atoms with Crippen LogP contribution in [0.5, 0.6) is 5.75 Å². The molecule has 1 aliphatic heterocycles. The van der Waals surface area contributed by atoms with Crippen molar-refractivity contribution in [2.45, 2.75) is 18.6 Å². The van der Waals surface area contributed by atoms with E-state index in [1.165, 1.54) is 16.7 Å². The molecule has 1 fully saturated rings. The van der Waals surface area contributed by atoms with Gasteiger partial charge in [-0.1, -0.05) is 29.4 Å². The molecular weight excluding hydrogens is 398 g/mol. The van der Waals surface area contributed by atoms with Crippen LogP contribution < -0.4 is 10.1 Å². The van der Waals surface area contributed by atoms with Gasteiger partial charge >= 0.3 is 0 Å². The highest BCUT2D eigenvalue weighted by molar-refractivity contribution is 8.15. The molecule has 0 aliphatic carbocycles. The lowest BCUT2D eigenvalue weighted by Gasteiger charge is -2.09. The fourth-order valence-corrected chi connectivity index (χ4v) is 3.94. The molecule has 8 heteroatoms. The Morgan fingerprint density at radius 3 is 2.64 bits per heavy atom. The molecule has 1 heterocycles. The van der Waals surface area contributed by atoms with Crippen molar-refractivity contribution in [3.8, 4) is 5.75 Å². The van der Waals surface area contributed by atoms with E-state index in [0.29, 0.717) is 27.3 Å². The summed E-state index contributed by atoms with van der Waals surface area (Å²) in [6.07, 6.45) is 0.0630. The Labute approximate surface area is 172 Å². The summed E-state index contributed by atoms with van der Waals surface area (Å²) in [6, 6.07) is 12.5. The predicted octanol–water partition coefficient (Wildman–Crippen LogP) is 4.25. The zero-order valence-electron chi connectivity index (χ0n) is 15.7. The first-order valence-electron chi connectivity index (χ1n) is 8.60. The maximum absolute atomic E-state index is 12.5. The topological polar surface area (TPSA) is 71.0 Å². The Bertz CT molecular complexity index is 931. The lowest BCUT2D eigenvalue weighted by atomic mass is 10.2. The number of amides is 2. The lowest BCUT2D eigenvalue weighted by Crippen LogP contribution is -2.30. The molecule has 3 rings (SSSR count). The van der Waals surface area contributed by atoms with Gasteiger partial charge in [0.15, 0.2) is 5.17 Å². The summed E-state index contributed by atoms with van der Waals surface area (Å²) in [5.74, 6) is 0.328. The number of benzene rings is 2. The summed E-state index contributed by atoms with van der Waals surface area (Å²) < 4.78 is 5.09. The fraction of sp³-hybridized carbons (Fsp3) is 0.250. The molecule has 1 unspecified atom stereocenters. The zero-order chi connectivity index (χ0) is 20.3. The van der Waals surface area contributed by atoms with Crippen molar-refractivity contribution in [1.82, 2.24) is 4.90 Å². The third-order valence-electron chi connectivity index (χ3n) is 4.27. The zero-order valence-corrected chi connectivity index (χ0v) is 17.3. The second-order valence-corrected chi connectivity index (χ2v) is 7.89. The number of anilines is 1. The molecule has 2 aromatic carbocycles. The Morgan fingerprint density at radius 2 is 2.00 bits per heavy atom. The number of methoxy groups -OCH3 is 1. The Hall–Kier alpha value is -2.51. The predicted molar refractivity (Wildman–Crippen MR) is 114 cm³/mol. The van der Waals surface area contributed by atoms with E-state index >= 15 is 0 Å². The number of thioether (sulfide) groups is 1. The van der Waals surface area contributed by atoms with Crippen LogP contribution in [0.15, 0.2) is 47.5 Å². The molecule has 1 saturated heterocycles. The summed E-state index contributed by atoms with van der Waals surface area (Å²) in [4.78, 5) is 30.8. The normalized spacial score (nSPS) is 17.9. The van der Waals surface area contributed by atoms with Gasteiger partial charge in [0.05, 0.1) is 12.8 Å². The molecule has 1 aliphatic rings. The first kappa shape index (κ1) is 20.2. The van der Waals surface area contributed by atoms with Crippen LogP contribution in [0.4, 0.5) is 11.4 Å². The number of ether oxygens (including phenoxy) is 1. The first-order valence-corrected chi connectivity index (χ1v) is 9.86. The molecule has 6 nitrogen and oxygen atoms in total. The Kier molecular flexibility index (Phi) is 6.26. The van der Waals surface area contributed by atoms with Crippen molar-refractivity contribution in [3.63, 3.8) is 0 Å². The standard InChI is InChI=1S/C20H20ClN3O3S/c1-12-4-5-14(10-16(12)21)23-20-24(2)19(26)17(28-20)11-18(25)22-13-6-8-15(27-3)9-7-13/h4-10,17H,11H2,1-3H3,(H,22,25). The van der Waals surface area contributed by atoms with Gasteiger partial charge in [0, 0.05) is 24.2 Å². The minimum Gasteiger partial charge on any atom is -0.497 e. The van der Waals surface area contributed by atoms with Gasteiger partial charge in [0.2, 0.25) is 11.8 Å². The van der Waals surface area contributed by atoms with Crippen molar-refractivity contribution < 1.29 is 14.3 Å². The van der Waals surface area contributed by atoms with Crippen LogP contribution in [0.1, 0.15) is 12.0 Å². The number of aliphatic imine (C=N–C) groups is 1. The summed E-state index contributed by atoms with van der Waals surface area (Å²) in [5, 5.41) is 3.45. The molecule has 2 amide bonds.